The van der Waals surface area contributed by atoms with Crippen LogP contribution in [0.5, 0.6) is 0 Å². The van der Waals surface area contributed by atoms with Crippen LogP contribution in [-0.4, -0.2) is 29.0 Å². The van der Waals surface area contributed by atoms with Gasteiger partial charge in [-0.15, -0.1) is 11.3 Å². The van der Waals surface area contributed by atoms with E-state index in [9.17, 15) is 9.59 Å². The van der Waals surface area contributed by atoms with E-state index in [0.29, 0.717) is 0 Å². The van der Waals surface area contributed by atoms with Crippen molar-refractivity contribution >= 4 is 23.2 Å². The number of hydrogen-bond donors (Lipinski definition) is 1. The molecule has 0 fully saturated rings. The monoisotopic (exact) mass is 332 g/mol. The molecule has 0 spiro atoms. The van der Waals surface area contributed by atoms with E-state index in [2.05, 4.69) is 10.3 Å². The van der Waals surface area contributed by atoms with Crippen molar-refractivity contribution in [2.24, 2.45) is 0 Å². The van der Waals surface area contributed by atoms with E-state index >= 15 is 0 Å². The van der Waals surface area contributed by atoms with Crippen molar-refractivity contribution in [3.63, 3.8) is 0 Å². The molecule has 0 aliphatic heterocycles. The highest BCUT2D eigenvalue weighted by atomic mass is 32.1. The van der Waals surface area contributed by atoms with Crippen LogP contribution in [0.3, 0.4) is 0 Å². The Hall–Kier alpha value is -2.21. The van der Waals surface area contributed by atoms with Gasteiger partial charge in [0, 0.05) is 10.9 Å². The first kappa shape index (κ1) is 17.1. The first-order valence-corrected chi connectivity index (χ1v) is 8.20. The Morgan fingerprint density at radius 1 is 1.22 bits per heavy atom. The van der Waals surface area contributed by atoms with Crippen LogP contribution in [-0.2, 0) is 16.0 Å². The highest BCUT2D eigenvalue weighted by Crippen LogP contribution is 2.21. The van der Waals surface area contributed by atoms with Crippen LogP contribution in [0, 0.1) is 0 Å². The zero-order valence-corrected chi connectivity index (χ0v) is 14.3. The lowest BCUT2D eigenvalue weighted by Crippen LogP contribution is -2.35. The van der Waals surface area contributed by atoms with Crippen LogP contribution in [0.15, 0.2) is 35.7 Å². The van der Waals surface area contributed by atoms with Gasteiger partial charge in [0.05, 0.1) is 18.7 Å². The van der Waals surface area contributed by atoms with E-state index in [-0.39, 0.29) is 18.7 Å². The van der Waals surface area contributed by atoms with Crippen LogP contribution in [0.25, 0.3) is 11.3 Å². The van der Waals surface area contributed by atoms with E-state index < -0.39 is 11.7 Å². The summed E-state index contributed by atoms with van der Waals surface area (Å²) in [6.07, 6.45) is -0.386. The van der Waals surface area contributed by atoms with Crippen molar-refractivity contribution in [3.8, 4) is 11.3 Å². The highest BCUT2D eigenvalue weighted by Gasteiger charge is 2.17. The number of ether oxygens (including phenoxy) is 1. The molecule has 0 saturated carbocycles. The third-order valence-corrected chi connectivity index (χ3v) is 3.65. The van der Waals surface area contributed by atoms with Crippen molar-refractivity contribution in [2.45, 2.75) is 32.8 Å². The number of hydrogen-bond acceptors (Lipinski definition) is 5. The van der Waals surface area contributed by atoms with Crippen LogP contribution < -0.4 is 5.32 Å². The normalized spacial score (nSPS) is 11.1. The SMILES string of the molecule is CC(C)(C)OC(=O)NCC(=O)Cc1nc(-c2ccccc2)cs1. The molecule has 0 saturated heterocycles. The minimum Gasteiger partial charge on any atom is -0.444 e. The van der Waals surface area contributed by atoms with Crippen LogP contribution >= 0.6 is 11.3 Å². The second-order valence-electron chi connectivity index (χ2n) is 6.06. The molecule has 0 bridgehead atoms. The number of nitrogens with zero attached hydrogens (tertiary/aromatic N) is 1. The number of benzene rings is 1. The Labute approximate surface area is 139 Å². The second kappa shape index (κ2) is 7.37. The Morgan fingerprint density at radius 3 is 2.57 bits per heavy atom. The lowest BCUT2D eigenvalue weighted by molar-refractivity contribution is -0.117. The Bertz CT molecular complexity index is 675. The van der Waals surface area contributed by atoms with Crippen LogP contribution in [0.4, 0.5) is 4.79 Å². The van der Waals surface area contributed by atoms with E-state index in [1.165, 1.54) is 11.3 Å². The van der Waals surface area contributed by atoms with E-state index in [4.69, 9.17) is 4.74 Å². The van der Waals surface area contributed by atoms with Gasteiger partial charge in [-0.25, -0.2) is 9.78 Å². The Morgan fingerprint density at radius 2 is 1.91 bits per heavy atom. The molecule has 0 aliphatic carbocycles. The molecule has 0 atom stereocenters. The zero-order chi connectivity index (χ0) is 16.9. The van der Waals surface area contributed by atoms with E-state index in [1.807, 2.05) is 35.7 Å². The second-order valence-corrected chi connectivity index (χ2v) is 7.01. The number of alkyl carbamates (subject to hydrolysis) is 1. The molecule has 1 heterocycles. The zero-order valence-electron chi connectivity index (χ0n) is 13.5. The number of amides is 1. The Balaban J connectivity index is 1.84. The fourth-order valence-electron chi connectivity index (χ4n) is 1.85. The Kier molecular flexibility index (Phi) is 5.50. The molecule has 23 heavy (non-hydrogen) atoms. The average Bonchev–Trinajstić information content (AvgIpc) is 2.93. The quantitative estimate of drug-likeness (QED) is 0.910. The first-order valence-electron chi connectivity index (χ1n) is 7.32. The fourth-order valence-corrected chi connectivity index (χ4v) is 2.68. The van der Waals surface area contributed by atoms with Gasteiger partial charge in [-0.3, -0.25) is 4.79 Å². The summed E-state index contributed by atoms with van der Waals surface area (Å²) < 4.78 is 5.08. The topological polar surface area (TPSA) is 68.3 Å². The highest BCUT2D eigenvalue weighted by molar-refractivity contribution is 7.10. The van der Waals surface area contributed by atoms with Crippen LogP contribution in [0.2, 0.25) is 0 Å². The van der Waals surface area contributed by atoms with Crippen molar-refractivity contribution in [1.82, 2.24) is 10.3 Å². The summed E-state index contributed by atoms with van der Waals surface area (Å²) in [7, 11) is 0. The van der Waals surface area contributed by atoms with Gasteiger partial charge in [0.1, 0.15) is 10.6 Å². The number of carbonyl (C=O) groups excluding carboxylic acids is 2. The molecule has 122 valence electrons. The molecule has 2 rings (SSSR count). The number of carbonyl (C=O) groups is 2. The van der Waals surface area contributed by atoms with E-state index in [0.717, 1.165) is 16.3 Å². The molecule has 5 nitrogen and oxygen atoms in total. The molecule has 0 radical (unpaired) electrons. The van der Waals surface area contributed by atoms with Crippen molar-refractivity contribution in [2.75, 3.05) is 6.54 Å². The van der Waals surface area contributed by atoms with Gasteiger partial charge in [0.2, 0.25) is 0 Å². The van der Waals surface area contributed by atoms with Gasteiger partial charge in [-0.05, 0) is 20.8 Å². The lowest BCUT2D eigenvalue weighted by Gasteiger charge is -2.19. The van der Waals surface area contributed by atoms with Gasteiger partial charge >= 0.3 is 6.09 Å². The summed E-state index contributed by atoms with van der Waals surface area (Å²) in [5.41, 5.74) is 1.31. The summed E-state index contributed by atoms with van der Waals surface area (Å²) in [4.78, 5) is 27.9. The van der Waals surface area contributed by atoms with Gasteiger partial charge in [0.15, 0.2) is 5.78 Å². The number of Topliss-reactive ketones (excluding diaryl/α,β-unsaturated/α-hetero) is 1. The van der Waals surface area contributed by atoms with Gasteiger partial charge < -0.3 is 10.1 Å². The van der Waals surface area contributed by atoms with Crippen molar-refractivity contribution in [3.05, 3.63) is 40.7 Å². The third kappa shape index (κ3) is 5.83. The van der Waals surface area contributed by atoms with Gasteiger partial charge in [-0.1, -0.05) is 30.3 Å². The van der Waals surface area contributed by atoms with Crippen molar-refractivity contribution in [1.29, 1.82) is 0 Å². The molecule has 1 aromatic carbocycles. The summed E-state index contributed by atoms with van der Waals surface area (Å²) in [6.45, 7) is 5.26. The lowest BCUT2D eigenvalue weighted by atomic mass is 10.2. The number of aromatic nitrogens is 1. The molecule has 6 heteroatoms. The fraction of sp³-hybridized carbons (Fsp3) is 0.353. The number of thiazole rings is 1. The summed E-state index contributed by atoms with van der Waals surface area (Å²) in [5, 5.41) is 5.13. The standard InChI is InChI=1S/C17H20N2O3S/c1-17(2,3)22-16(21)18-10-13(20)9-15-19-14(11-23-15)12-7-5-4-6-8-12/h4-8,11H,9-10H2,1-3H3,(H,18,21). The predicted octanol–water partition coefficient (Wildman–Crippen LogP) is 3.45. The predicted molar refractivity (Wildman–Crippen MR) is 90.5 cm³/mol. The van der Waals surface area contributed by atoms with E-state index in [1.54, 1.807) is 20.8 Å². The number of ketones is 1. The minimum atomic E-state index is -0.588. The molecule has 0 unspecified atom stereocenters. The third-order valence-electron chi connectivity index (χ3n) is 2.80. The smallest absolute Gasteiger partial charge is 0.408 e. The molecule has 2 aromatic rings. The molecular weight excluding hydrogens is 312 g/mol. The van der Waals surface area contributed by atoms with Gasteiger partial charge in [-0.2, -0.15) is 0 Å². The summed E-state index contributed by atoms with van der Waals surface area (Å²) >= 11 is 1.44. The first-order chi connectivity index (χ1) is 10.8. The number of rotatable bonds is 5. The molecule has 0 aliphatic rings. The van der Waals surface area contributed by atoms with Crippen LogP contribution in [0.1, 0.15) is 25.8 Å². The molecular formula is C17H20N2O3S. The summed E-state index contributed by atoms with van der Waals surface area (Å²) in [6, 6.07) is 9.80. The summed E-state index contributed by atoms with van der Waals surface area (Å²) in [5.74, 6) is -0.107. The molecule has 1 N–H and O–H groups in total. The average molecular weight is 332 g/mol. The largest absolute Gasteiger partial charge is 0.444 e. The number of nitrogens with one attached hydrogen (secondary N) is 1. The van der Waals surface area contributed by atoms with Gasteiger partial charge in [0.25, 0.3) is 0 Å². The molecule has 1 aromatic heterocycles. The molecule has 1 amide bonds. The maximum atomic E-state index is 11.9. The maximum Gasteiger partial charge on any atom is 0.408 e. The maximum absolute atomic E-state index is 11.9. The van der Waals surface area contributed by atoms with Crippen molar-refractivity contribution < 1.29 is 14.3 Å². The minimum absolute atomic E-state index is 0.0604.